The molecule has 1 aromatic carbocycles. The van der Waals surface area contributed by atoms with Crippen LogP contribution in [0.15, 0.2) is 23.0 Å². The zero-order chi connectivity index (χ0) is 20.0. The molecule has 0 unspecified atom stereocenters. The molecule has 2 aliphatic rings. The number of thiophene rings is 1. The fraction of sp³-hybridized carbons (Fsp3) is 0.318. The Morgan fingerprint density at radius 3 is 3.00 bits per heavy atom. The van der Waals surface area contributed by atoms with Crippen molar-refractivity contribution in [2.24, 2.45) is 5.92 Å². The van der Waals surface area contributed by atoms with Gasteiger partial charge in [0.15, 0.2) is 17.3 Å². The van der Waals surface area contributed by atoms with Crippen molar-refractivity contribution in [2.75, 3.05) is 13.2 Å². The molecule has 0 radical (unpaired) electrons. The van der Waals surface area contributed by atoms with Gasteiger partial charge in [-0.2, -0.15) is 5.26 Å². The van der Waals surface area contributed by atoms with Gasteiger partial charge in [-0.05, 0) is 54.5 Å². The molecule has 5 rings (SSSR count). The van der Waals surface area contributed by atoms with E-state index < -0.39 is 0 Å². The summed E-state index contributed by atoms with van der Waals surface area (Å²) in [7, 11) is 0. The van der Waals surface area contributed by atoms with Crippen molar-refractivity contribution < 1.29 is 9.47 Å². The van der Waals surface area contributed by atoms with E-state index in [2.05, 4.69) is 23.0 Å². The summed E-state index contributed by atoms with van der Waals surface area (Å²) in [4.78, 5) is 22.2. The molecule has 1 aliphatic heterocycles. The van der Waals surface area contributed by atoms with Crippen molar-refractivity contribution in [3.8, 4) is 17.6 Å². The minimum atomic E-state index is -0.166. The van der Waals surface area contributed by atoms with Crippen LogP contribution < -0.4 is 15.0 Å². The number of allylic oxidation sites excluding steroid dienone is 1. The molecule has 3 aromatic rings. The monoisotopic (exact) mass is 405 g/mol. The summed E-state index contributed by atoms with van der Waals surface area (Å²) >= 11 is 1.58. The number of aryl methyl sites for hydroxylation is 1. The minimum absolute atomic E-state index is 0.166. The summed E-state index contributed by atoms with van der Waals surface area (Å²) in [6.07, 6.45) is 4.70. The van der Waals surface area contributed by atoms with Gasteiger partial charge < -0.3 is 14.5 Å². The summed E-state index contributed by atoms with van der Waals surface area (Å²) in [5.74, 6) is 2.27. The molecule has 146 valence electrons. The molecule has 7 heteroatoms. The van der Waals surface area contributed by atoms with Crippen LogP contribution in [0.3, 0.4) is 0 Å². The first-order valence-corrected chi connectivity index (χ1v) is 10.5. The average molecular weight is 405 g/mol. The lowest BCUT2D eigenvalue weighted by Crippen LogP contribution is -2.15. The second kappa shape index (κ2) is 7.05. The maximum absolute atomic E-state index is 12.8. The van der Waals surface area contributed by atoms with E-state index >= 15 is 0 Å². The van der Waals surface area contributed by atoms with E-state index in [1.54, 1.807) is 17.4 Å². The van der Waals surface area contributed by atoms with Crippen molar-refractivity contribution >= 4 is 33.2 Å². The second-order valence-corrected chi connectivity index (χ2v) is 8.60. The van der Waals surface area contributed by atoms with Crippen LogP contribution in [0.5, 0.6) is 11.5 Å². The van der Waals surface area contributed by atoms with E-state index in [9.17, 15) is 10.1 Å². The van der Waals surface area contributed by atoms with Gasteiger partial charge in [0.05, 0.1) is 11.0 Å². The first-order valence-electron chi connectivity index (χ1n) is 9.69. The molecule has 0 spiro atoms. The van der Waals surface area contributed by atoms with Crippen molar-refractivity contribution in [2.45, 2.75) is 26.2 Å². The predicted molar refractivity (Wildman–Crippen MR) is 112 cm³/mol. The van der Waals surface area contributed by atoms with Gasteiger partial charge in [0.25, 0.3) is 5.56 Å². The van der Waals surface area contributed by atoms with Gasteiger partial charge in [-0.25, -0.2) is 4.98 Å². The van der Waals surface area contributed by atoms with Crippen LogP contribution >= 0.6 is 11.3 Å². The molecule has 6 nitrogen and oxygen atoms in total. The van der Waals surface area contributed by atoms with Crippen LogP contribution in [0, 0.1) is 17.2 Å². The quantitative estimate of drug-likeness (QED) is 0.653. The van der Waals surface area contributed by atoms with Gasteiger partial charge in [0, 0.05) is 4.88 Å². The number of ether oxygens (including phenoxy) is 2. The molecular weight excluding hydrogens is 386 g/mol. The number of benzene rings is 1. The Kier molecular flexibility index (Phi) is 4.36. The van der Waals surface area contributed by atoms with E-state index in [4.69, 9.17) is 9.47 Å². The Balaban J connectivity index is 1.58. The molecule has 0 fully saturated rings. The van der Waals surface area contributed by atoms with E-state index in [0.717, 1.165) is 30.4 Å². The predicted octanol–water partition coefficient (Wildman–Crippen LogP) is 3.94. The van der Waals surface area contributed by atoms with E-state index in [1.807, 2.05) is 18.2 Å². The number of aromatic nitrogens is 2. The van der Waals surface area contributed by atoms with Crippen LogP contribution in [-0.2, 0) is 12.8 Å². The van der Waals surface area contributed by atoms with E-state index in [1.165, 1.54) is 4.88 Å². The smallest absolute Gasteiger partial charge is 0.260 e. The zero-order valence-electron chi connectivity index (χ0n) is 15.9. The SMILES string of the molecule is C[C@@H]1CCc2c(sc3nc(/C(C#N)=C/c4ccc5c(c4)OCCO5)[nH]c(=O)c23)C1. The normalized spacial score (nSPS) is 18.3. The standard InChI is InChI=1S/C22H19N3O3S/c1-12-2-4-15-18(8-12)29-22-19(15)21(26)24-20(25-22)14(11-23)9-13-3-5-16-17(10-13)28-7-6-27-16/h3,5,9-10,12H,2,4,6-8H2,1H3,(H,24,25,26)/b14-9+/t12-/m1/s1. The largest absolute Gasteiger partial charge is 0.486 e. The van der Waals surface area contributed by atoms with Gasteiger partial charge in [0.2, 0.25) is 0 Å². The van der Waals surface area contributed by atoms with Gasteiger partial charge in [-0.1, -0.05) is 13.0 Å². The fourth-order valence-electron chi connectivity index (χ4n) is 3.95. The molecule has 0 saturated heterocycles. The fourth-order valence-corrected chi connectivity index (χ4v) is 5.33. The summed E-state index contributed by atoms with van der Waals surface area (Å²) in [5, 5.41) is 10.4. The number of aromatic amines is 1. The Morgan fingerprint density at radius 2 is 2.17 bits per heavy atom. The maximum atomic E-state index is 12.8. The third kappa shape index (κ3) is 3.19. The van der Waals surface area contributed by atoms with Gasteiger partial charge in [-0.15, -0.1) is 11.3 Å². The Hall–Kier alpha value is -3.11. The van der Waals surface area contributed by atoms with Crippen molar-refractivity contribution in [1.82, 2.24) is 9.97 Å². The molecule has 29 heavy (non-hydrogen) atoms. The lowest BCUT2D eigenvalue weighted by atomic mass is 9.89. The summed E-state index contributed by atoms with van der Waals surface area (Å²) in [6, 6.07) is 7.67. The number of nitrogens with zero attached hydrogens (tertiary/aromatic N) is 2. The Morgan fingerprint density at radius 1 is 1.34 bits per heavy atom. The number of hydrogen-bond donors (Lipinski definition) is 1. The zero-order valence-corrected chi connectivity index (χ0v) is 16.8. The Bertz CT molecular complexity index is 1250. The van der Waals surface area contributed by atoms with Crippen molar-refractivity contribution in [3.05, 3.63) is 50.4 Å². The third-order valence-corrected chi connectivity index (χ3v) is 6.57. The highest BCUT2D eigenvalue weighted by atomic mass is 32.1. The molecule has 0 saturated carbocycles. The second-order valence-electron chi connectivity index (χ2n) is 7.52. The lowest BCUT2D eigenvalue weighted by Gasteiger charge is -2.18. The van der Waals surface area contributed by atoms with Crippen LogP contribution in [0.1, 0.15) is 35.2 Å². The molecule has 1 N–H and O–H groups in total. The van der Waals surface area contributed by atoms with Gasteiger partial charge in [-0.3, -0.25) is 4.79 Å². The van der Waals surface area contributed by atoms with Gasteiger partial charge >= 0.3 is 0 Å². The van der Waals surface area contributed by atoms with Crippen molar-refractivity contribution in [3.63, 3.8) is 0 Å². The molecule has 1 aliphatic carbocycles. The number of H-pyrrole nitrogens is 1. The summed E-state index contributed by atoms with van der Waals surface area (Å²) in [6.45, 7) is 3.26. The number of nitrogens with one attached hydrogen (secondary N) is 1. The highest BCUT2D eigenvalue weighted by molar-refractivity contribution is 7.18. The van der Waals surface area contributed by atoms with Crippen LogP contribution in [-0.4, -0.2) is 23.2 Å². The maximum Gasteiger partial charge on any atom is 0.260 e. The average Bonchev–Trinajstić information content (AvgIpc) is 3.09. The molecule has 1 atom stereocenters. The summed E-state index contributed by atoms with van der Waals surface area (Å²) < 4.78 is 11.1. The van der Waals surface area contributed by atoms with E-state index in [-0.39, 0.29) is 5.56 Å². The molecule has 2 aromatic heterocycles. The van der Waals surface area contributed by atoms with Crippen LogP contribution in [0.4, 0.5) is 0 Å². The Labute approximate surface area is 171 Å². The lowest BCUT2D eigenvalue weighted by molar-refractivity contribution is 0.171. The topological polar surface area (TPSA) is 88.0 Å². The molecule has 0 bridgehead atoms. The highest BCUT2D eigenvalue weighted by Crippen LogP contribution is 2.36. The number of fused-ring (bicyclic) bond motifs is 4. The number of rotatable bonds is 2. The molecular formula is C22H19N3O3S. The van der Waals surface area contributed by atoms with Crippen LogP contribution in [0.25, 0.3) is 21.9 Å². The number of nitriles is 1. The highest BCUT2D eigenvalue weighted by Gasteiger charge is 2.23. The third-order valence-electron chi connectivity index (χ3n) is 5.42. The van der Waals surface area contributed by atoms with Crippen molar-refractivity contribution in [1.29, 1.82) is 5.26 Å². The van der Waals surface area contributed by atoms with Gasteiger partial charge in [0.1, 0.15) is 24.1 Å². The first-order chi connectivity index (χ1) is 14.1. The minimum Gasteiger partial charge on any atom is -0.486 e. The molecule has 3 heterocycles. The molecule has 0 amide bonds. The summed E-state index contributed by atoms with van der Waals surface area (Å²) in [5.41, 5.74) is 2.06. The van der Waals surface area contributed by atoms with Crippen LogP contribution in [0.2, 0.25) is 0 Å². The van der Waals surface area contributed by atoms with E-state index in [0.29, 0.717) is 52.2 Å². The first kappa shape index (κ1) is 18.0. The number of hydrogen-bond acceptors (Lipinski definition) is 6.